The van der Waals surface area contributed by atoms with Gasteiger partial charge in [0.15, 0.2) is 5.25 Å². The van der Waals surface area contributed by atoms with Crippen LogP contribution >= 0.6 is 0 Å². The van der Waals surface area contributed by atoms with Gasteiger partial charge in [0, 0.05) is 18.8 Å². The van der Waals surface area contributed by atoms with Gasteiger partial charge >= 0.3 is 5.97 Å². The van der Waals surface area contributed by atoms with E-state index in [0.29, 0.717) is 12.1 Å². The predicted octanol–water partition coefficient (Wildman–Crippen LogP) is 0.430. The lowest BCUT2D eigenvalue weighted by molar-refractivity contribution is -0.136. The maximum absolute atomic E-state index is 12.1. The minimum atomic E-state index is -3.82. The van der Waals surface area contributed by atoms with Crippen LogP contribution in [0.5, 0.6) is 0 Å². The molecule has 0 spiro atoms. The molecule has 0 saturated carbocycles. The molecule has 0 amide bonds. The molecule has 3 N–H and O–H groups in total. The monoisotopic (exact) mass is 284 g/mol. The molecule has 19 heavy (non-hydrogen) atoms. The number of nitrogens with zero attached hydrogens (tertiary/aromatic N) is 1. The van der Waals surface area contributed by atoms with Crippen LogP contribution in [-0.2, 0) is 27.8 Å². The number of aliphatic carboxylic acids is 1. The molecule has 1 atom stereocenters. The van der Waals surface area contributed by atoms with Crippen LogP contribution in [0.4, 0.5) is 5.69 Å². The van der Waals surface area contributed by atoms with Crippen molar-refractivity contribution in [2.45, 2.75) is 25.1 Å². The molecule has 104 valence electrons. The number of carboxylic acids is 1. The summed E-state index contributed by atoms with van der Waals surface area (Å²) in [6.45, 7) is 1.63. The van der Waals surface area contributed by atoms with Crippen LogP contribution in [-0.4, -0.2) is 35.6 Å². The highest BCUT2D eigenvalue weighted by Gasteiger charge is 2.35. The van der Waals surface area contributed by atoms with Gasteiger partial charge in [-0.25, -0.2) is 8.42 Å². The summed E-state index contributed by atoms with van der Waals surface area (Å²) < 4.78 is 25.5. The van der Waals surface area contributed by atoms with Gasteiger partial charge < -0.3 is 10.8 Å². The third kappa shape index (κ3) is 2.43. The zero-order valence-electron chi connectivity index (χ0n) is 10.5. The zero-order valence-corrected chi connectivity index (χ0v) is 11.4. The van der Waals surface area contributed by atoms with E-state index in [2.05, 4.69) is 0 Å². The average Bonchev–Trinajstić information content (AvgIpc) is 2.37. The lowest BCUT2D eigenvalue weighted by Gasteiger charge is -2.30. The zero-order chi connectivity index (χ0) is 14.2. The van der Waals surface area contributed by atoms with Gasteiger partial charge in [0.2, 0.25) is 10.0 Å². The summed E-state index contributed by atoms with van der Waals surface area (Å²) in [5.74, 6) is -1.33. The number of fused-ring (bicyclic) bond motifs is 1. The molecule has 0 fully saturated rings. The number of nitrogens with two attached hydrogens (primary N) is 1. The van der Waals surface area contributed by atoms with Crippen molar-refractivity contribution in [2.24, 2.45) is 0 Å². The molecule has 0 saturated heterocycles. The van der Waals surface area contributed by atoms with Crippen LogP contribution in [0.15, 0.2) is 18.2 Å². The Bertz CT molecular complexity index is 612. The molecule has 0 aromatic heterocycles. The second-order valence-electron chi connectivity index (χ2n) is 4.59. The molecular weight excluding hydrogens is 268 g/mol. The second-order valence-corrected chi connectivity index (χ2v) is 6.85. The Morgan fingerprint density at radius 3 is 2.79 bits per heavy atom. The molecule has 1 aliphatic heterocycles. The van der Waals surface area contributed by atoms with Gasteiger partial charge in [0.1, 0.15) is 0 Å². The number of carbonyl (C=O) groups is 1. The van der Waals surface area contributed by atoms with Gasteiger partial charge in [0.05, 0.1) is 0 Å². The van der Waals surface area contributed by atoms with Crippen molar-refractivity contribution in [2.75, 3.05) is 12.3 Å². The van der Waals surface area contributed by atoms with Gasteiger partial charge in [-0.2, -0.15) is 4.31 Å². The fraction of sp³-hybridized carbons (Fsp3) is 0.417. The molecule has 0 aliphatic carbocycles. The van der Waals surface area contributed by atoms with Gasteiger partial charge in [-0.15, -0.1) is 0 Å². The number of carboxylic acid groups (broad SMARTS) is 1. The second kappa shape index (κ2) is 4.82. The summed E-state index contributed by atoms with van der Waals surface area (Å²) in [5, 5.41) is 7.43. The number of hydrogen-bond donors (Lipinski definition) is 2. The third-order valence-electron chi connectivity index (χ3n) is 3.42. The normalized spacial score (nSPS) is 17.7. The van der Waals surface area contributed by atoms with Gasteiger partial charge in [-0.1, -0.05) is 12.1 Å². The van der Waals surface area contributed by atoms with Crippen molar-refractivity contribution < 1.29 is 18.3 Å². The van der Waals surface area contributed by atoms with Crippen LogP contribution in [0.3, 0.4) is 0 Å². The van der Waals surface area contributed by atoms with Crippen molar-refractivity contribution in [3.05, 3.63) is 29.3 Å². The van der Waals surface area contributed by atoms with Crippen LogP contribution < -0.4 is 5.73 Å². The van der Waals surface area contributed by atoms with Crippen LogP contribution in [0.1, 0.15) is 18.1 Å². The van der Waals surface area contributed by atoms with Crippen molar-refractivity contribution in [1.82, 2.24) is 4.31 Å². The lowest BCUT2D eigenvalue weighted by atomic mass is 9.99. The molecule has 0 bridgehead atoms. The van der Waals surface area contributed by atoms with Crippen molar-refractivity contribution in [3.63, 3.8) is 0 Å². The number of sulfonamides is 1. The molecule has 2 rings (SSSR count). The summed E-state index contributed by atoms with van der Waals surface area (Å²) in [4.78, 5) is 10.9. The van der Waals surface area contributed by atoms with E-state index in [9.17, 15) is 13.2 Å². The van der Waals surface area contributed by atoms with E-state index < -0.39 is 21.2 Å². The van der Waals surface area contributed by atoms with Gasteiger partial charge in [0.25, 0.3) is 0 Å². The van der Waals surface area contributed by atoms with Crippen molar-refractivity contribution in [1.29, 1.82) is 0 Å². The number of benzene rings is 1. The van der Waals surface area contributed by atoms with Crippen LogP contribution in [0.2, 0.25) is 0 Å². The number of rotatable bonds is 3. The van der Waals surface area contributed by atoms with E-state index in [1.807, 2.05) is 6.07 Å². The van der Waals surface area contributed by atoms with Crippen LogP contribution in [0, 0.1) is 0 Å². The number of anilines is 1. The Morgan fingerprint density at radius 1 is 1.47 bits per heavy atom. The first-order chi connectivity index (χ1) is 8.84. The summed E-state index contributed by atoms with van der Waals surface area (Å²) in [5.41, 5.74) is 8.29. The van der Waals surface area contributed by atoms with Gasteiger partial charge in [-0.3, -0.25) is 4.79 Å². The Balaban J connectivity index is 2.30. The van der Waals surface area contributed by atoms with E-state index in [4.69, 9.17) is 10.8 Å². The predicted molar refractivity (Wildman–Crippen MR) is 71.0 cm³/mol. The Kier molecular flexibility index (Phi) is 3.51. The maximum atomic E-state index is 12.1. The highest BCUT2D eigenvalue weighted by Crippen LogP contribution is 2.26. The first-order valence-electron chi connectivity index (χ1n) is 5.92. The van der Waals surface area contributed by atoms with Crippen molar-refractivity contribution >= 4 is 21.7 Å². The van der Waals surface area contributed by atoms with E-state index in [1.54, 1.807) is 12.1 Å². The molecule has 6 nitrogen and oxygen atoms in total. The first-order valence-corrected chi connectivity index (χ1v) is 7.42. The quantitative estimate of drug-likeness (QED) is 0.784. The van der Waals surface area contributed by atoms with E-state index in [-0.39, 0.29) is 13.1 Å². The number of nitrogen functional groups attached to an aromatic ring is 1. The molecule has 1 aromatic rings. The summed E-state index contributed by atoms with van der Waals surface area (Å²) in [6.07, 6.45) is 0.508. The highest BCUT2D eigenvalue weighted by molar-refractivity contribution is 7.90. The molecule has 1 unspecified atom stereocenters. The minimum Gasteiger partial charge on any atom is -0.480 e. The topological polar surface area (TPSA) is 101 Å². The van der Waals surface area contributed by atoms with E-state index in [1.165, 1.54) is 11.2 Å². The summed E-state index contributed by atoms with van der Waals surface area (Å²) in [7, 11) is -3.82. The smallest absolute Gasteiger partial charge is 0.323 e. The maximum Gasteiger partial charge on any atom is 0.323 e. The van der Waals surface area contributed by atoms with Gasteiger partial charge in [-0.05, 0) is 30.5 Å². The molecule has 0 radical (unpaired) electrons. The Hall–Kier alpha value is -1.60. The van der Waals surface area contributed by atoms with Crippen LogP contribution in [0.25, 0.3) is 0 Å². The summed E-state index contributed by atoms with van der Waals surface area (Å²) in [6, 6.07) is 5.37. The first kappa shape index (κ1) is 13.8. The lowest BCUT2D eigenvalue weighted by Crippen LogP contribution is -2.43. The molecular formula is C12H16N2O4S. The van der Waals surface area contributed by atoms with Crippen molar-refractivity contribution in [3.8, 4) is 0 Å². The highest BCUT2D eigenvalue weighted by atomic mass is 32.2. The standard InChI is InChI=1S/C12H16N2O4S/c1-8(12(15)16)19(17,18)14-6-5-10-9(7-14)3-2-4-11(10)13/h2-4,8H,5-7,13H2,1H3,(H,15,16). The SMILES string of the molecule is CC(C(=O)O)S(=O)(=O)N1CCc2c(N)cccc2C1. The fourth-order valence-corrected chi connectivity index (χ4v) is 3.55. The summed E-state index contributed by atoms with van der Waals surface area (Å²) >= 11 is 0. The van der Waals surface area contributed by atoms with E-state index >= 15 is 0 Å². The molecule has 1 aliphatic rings. The Morgan fingerprint density at radius 2 is 2.16 bits per heavy atom. The third-order valence-corrected chi connectivity index (χ3v) is 5.55. The molecule has 1 aromatic carbocycles. The van der Waals surface area contributed by atoms with E-state index in [0.717, 1.165) is 11.1 Å². The minimum absolute atomic E-state index is 0.181. The number of hydrogen-bond acceptors (Lipinski definition) is 4. The molecule has 1 heterocycles. The molecule has 7 heteroatoms. The average molecular weight is 284 g/mol. The fourth-order valence-electron chi connectivity index (χ4n) is 2.18. The largest absolute Gasteiger partial charge is 0.480 e. The Labute approximate surface area is 111 Å².